The van der Waals surface area contributed by atoms with Crippen LogP contribution in [-0.2, 0) is 24.2 Å². The summed E-state index contributed by atoms with van der Waals surface area (Å²) >= 11 is 1.44. The Kier molecular flexibility index (Phi) is 10.6. The van der Waals surface area contributed by atoms with Crippen molar-refractivity contribution in [2.24, 2.45) is 16.2 Å². The number of pyridine rings is 1. The molecule has 0 radical (unpaired) electrons. The van der Waals surface area contributed by atoms with E-state index in [1.54, 1.807) is 6.20 Å². The van der Waals surface area contributed by atoms with E-state index in [0.717, 1.165) is 71.2 Å². The number of hydrogen-bond donors (Lipinski definition) is 5. The number of nitrogens with zero attached hydrogens (tertiary/aromatic N) is 5. The quantitative estimate of drug-likeness (QED) is 0.0699. The topological polar surface area (TPSA) is 175 Å². The molecule has 5 aliphatic rings. The van der Waals surface area contributed by atoms with E-state index in [1.165, 1.54) is 17.8 Å². The van der Waals surface area contributed by atoms with Crippen molar-refractivity contribution < 1.29 is 29.6 Å². The fraction of sp³-hybridized carbons (Fsp3) is 0.500. The number of rotatable bonds is 15. The first kappa shape index (κ1) is 40.7. The molecule has 3 atom stereocenters. The first-order valence-electron chi connectivity index (χ1n) is 21.2. The second-order valence-corrected chi connectivity index (χ2v) is 19.8. The third-order valence-electron chi connectivity index (χ3n) is 13.5. The van der Waals surface area contributed by atoms with E-state index in [4.69, 9.17) is 19.9 Å². The molecule has 5 aromatic rings. The fourth-order valence-electron chi connectivity index (χ4n) is 12.2. The number of carboxylic acids is 1. The van der Waals surface area contributed by atoms with Gasteiger partial charge in [-0.15, -0.1) is 0 Å². The van der Waals surface area contributed by atoms with E-state index in [-0.39, 0.29) is 40.1 Å². The zero-order valence-electron chi connectivity index (χ0n) is 34.7. The minimum atomic E-state index is -1.10. The number of thiazole rings is 1. The van der Waals surface area contributed by atoms with Gasteiger partial charge in [0.05, 0.1) is 41.3 Å². The third kappa shape index (κ3) is 7.84. The summed E-state index contributed by atoms with van der Waals surface area (Å²) in [5.74, 6) is -0.783. The first-order chi connectivity index (χ1) is 28.8. The average molecular weight is 834 g/mol. The number of aliphatic hydroxyl groups is 2. The third-order valence-corrected chi connectivity index (χ3v) is 14.5. The number of fused-ring (bicyclic) bond motifs is 2. The van der Waals surface area contributed by atoms with Crippen molar-refractivity contribution in [3.8, 4) is 11.1 Å². The molecule has 13 nitrogen and oxygen atoms in total. The summed E-state index contributed by atoms with van der Waals surface area (Å²) in [7, 11) is 0. The molecule has 0 saturated heterocycles. The van der Waals surface area contributed by atoms with Crippen LogP contribution in [0.2, 0.25) is 0 Å². The number of ether oxygens (including phenoxy) is 1. The van der Waals surface area contributed by atoms with Crippen molar-refractivity contribution in [1.29, 1.82) is 0 Å². The first-order valence-corrected chi connectivity index (χ1v) is 22.0. The number of carbonyl (C=O) groups is 2. The van der Waals surface area contributed by atoms with E-state index in [0.29, 0.717) is 67.7 Å². The highest BCUT2D eigenvalue weighted by atomic mass is 32.1. The number of nitrogens with one attached hydrogen (secondary N) is 2. The van der Waals surface area contributed by atoms with Gasteiger partial charge in [0, 0.05) is 48.6 Å². The molecule has 4 bridgehead atoms. The summed E-state index contributed by atoms with van der Waals surface area (Å²) < 4.78 is 9.93. The van der Waals surface area contributed by atoms with E-state index >= 15 is 0 Å². The van der Waals surface area contributed by atoms with Crippen molar-refractivity contribution in [1.82, 2.24) is 25.1 Å². The van der Waals surface area contributed by atoms with Crippen LogP contribution in [0.4, 0.5) is 10.9 Å². The average Bonchev–Trinajstić information content (AvgIpc) is 3.78. The number of benzene rings is 2. The summed E-state index contributed by atoms with van der Waals surface area (Å²) in [5, 5.41) is 41.2. The maximum Gasteiger partial charge on any atom is 0.355 e. The highest BCUT2D eigenvalue weighted by molar-refractivity contribution is 7.22. The molecule has 1 aliphatic heterocycles. The van der Waals surface area contributed by atoms with Gasteiger partial charge < -0.3 is 30.3 Å². The van der Waals surface area contributed by atoms with E-state index in [9.17, 15) is 19.8 Å². The number of anilines is 2. The molecule has 316 valence electrons. The Bertz CT molecular complexity index is 2400. The number of carboxylic acid groups (broad SMARTS) is 1. The lowest BCUT2D eigenvalue weighted by molar-refractivity contribution is -0.247. The van der Waals surface area contributed by atoms with Crippen molar-refractivity contribution >= 4 is 44.4 Å². The number of amides is 1. The predicted molar refractivity (Wildman–Crippen MR) is 232 cm³/mol. The molecule has 10 rings (SSSR count). The molecular weight excluding hydrogens is 779 g/mol. The SMILES string of the molecule is Cc1c(-c2ccc(N3CCc4cccc(C(=O)Nc5nc6ccccc6s5)c4C3)nc2C(=O)O)cnn1CC12CC3(C)CC(C)(C1)CC(OCCNCCC(O)CO)(C3)C2. The molecule has 60 heavy (non-hydrogen) atoms. The van der Waals surface area contributed by atoms with Crippen LogP contribution >= 0.6 is 11.3 Å². The van der Waals surface area contributed by atoms with Crippen LogP contribution in [0, 0.1) is 23.2 Å². The molecular formula is C46H55N7O6S. The van der Waals surface area contributed by atoms with Crippen LogP contribution in [-0.4, -0.2) is 91.5 Å². The second kappa shape index (κ2) is 15.6. The van der Waals surface area contributed by atoms with Gasteiger partial charge in [0.15, 0.2) is 10.8 Å². The van der Waals surface area contributed by atoms with Gasteiger partial charge in [0.1, 0.15) is 5.82 Å². The smallest absolute Gasteiger partial charge is 0.355 e. The number of carbonyl (C=O) groups excluding carboxylic acids is 1. The second-order valence-electron chi connectivity index (χ2n) is 18.8. The lowest BCUT2D eigenvalue weighted by Gasteiger charge is -2.69. The Hall–Kier alpha value is -4.73. The summed E-state index contributed by atoms with van der Waals surface area (Å²) in [6, 6.07) is 17.3. The van der Waals surface area contributed by atoms with E-state index in [1.807, 2.05) is 66.4 Å². The largest absolute Gasteiger partial charge is 0.476 e. The Balaban J connectivity index is 0.920. The zero-order valence-corrected chi connectivity index (χ0v) is 35.5. The van der Waals surface area contributed by atoms with Gasteiger partial charge in [-0.05, 0) is 123 Å². The molecule has 4 aliphatic carbocycles. The monoisotopic (exact) mass is 833 g/mol. The van der Waals surface area contributed by atoms with Gasteiger partial charge in [-0.2, -0.15) is 5.10 Å². The standard InChI is InChI=1S/C46H55N7O6S/c1-29-34(19-48-53(29)28-45-23-43(2)22-44(3,24-45)26-46(25-43,27-45)59-18-16-47-15-13-31(55)21-54)32-11-12-38(50-39(32)41(57)58)52-17-14-30-7-6-8-33(35(30)20-52)40(56)51-42-49-36-9-4-5-10-37(36)60-42/h4-12,19,31,47,54-55H,13-18,20-28H2,1-3H3,(H,57,58)(H,49,51,56). The Morgan fingerprint density at radius 2 is 1.75 bits per heavy atom. The maximum absolute atomic E-state index is 13.6. The molecule has 4 fully saturated rings. The lowest BCUT2D eigenvalue weighted by Crippen LogP contribution is -2.64. The number of aromatic carboxylic acids is 1. The normalized spacial score (nSPS) is 26.1. The van der Waals surface area contributed by atoms with Crippen LogP contribution in [0.15, 0.2) is 60.8 Å². The molecule has 0 spiro atoms. The van der Waals surface area contributed by atoms with Gasteiger partial charge in [0.2, 0.25) is 0 Å². The van der Waals surface area contributed by atoms with Crippen LogP contribution in [0.5, 0.6) is 0 Å². The molecule has 5 N–H and O–H groups in total. The summed E-state index contributed by atoms with van der Waals surface area (Å²) in [6.45, 7) is 10.4. The van der Waals surface area contributed by atoms with Crippen LogP contribution in [0.1, 0.15) is 96.5 Å². The molecule has 3 unspecified atom stereocenters. The molecule has 14 heteroatoms. The van der Waals surface area contributed by atoms with E-state index < -0.39 is 12.1 Å². The maximum atomic E-state index is 13.6. The minimum Gasteiger partial charge on any atom is -0.476 e. The minimum absolute atomic E-state index is 0.00258. The predicted octanol–water partition coefficient (Wildman–Crippen LogP) is 6.85. The number of hydrogen-bond acceptors (Lipinski definition) is 11. The number of aromatic nitrogens is 4. The Morgan fingerprint density at radius 1 is 0.950 bits per heavy atom. The fourth-order valence-corrected chi connectivity index (χ4v) is 13.1. The van der Waals surface area contributed by atoms with Gasteiger partial charge in [-0.25, -0.2) is 14.8 Å². The van der Waals surface area contributed by atoms with E-state index in [2.05, 4.69) is 34.1 Å². The van der Waals surface area contributed by atoms with Crippen molar-refractivity contribution in [3.63, 3.8) is 0 Å². The van der Waals surface area contributed by atoms with Gasteiger partial charge in [-0.3, -0.25) is 14.8 Å². The zero-order chi connectivity index (χ0) is 41.9. The Morgan fingerprint density at radius 3 is 2.52 bits per heavy atom. The van der Waals surface area contributed by atoms with Crippen LogP contribution in [0.25, 0.3) is 21.3 Å². The van der Waals surface area contributed by atoms with Crippen LogP contribution in [0.3, 0.4) is 0 Å². The summed E-state index contributed by atoms with van der Waals surface area (Å²) in [4.78, 5) is 38.0. The number of para-hydroxylation sites is 1. The van der Waals surface area contributed by atoms with Crippen molar-refractivity contribution in [2.75, 3.05) is 43.1 Å². The van der Waals surface area contributed by atoms with Crippen molar-refractivity contribution in [2.45, 2.75) is 96.9 Å². The lowest BCUT2D eigenvalue weighted by atomic mass is 9.39. The number of aliphatic hydroxyl groups excluding tert-OH is 2. The van der Waals surface area contributed by atoms with Gasteiger partial charge in [-0.1, -0.05) is 49.4 Å². The Labute approximate surface area is 354 Å². The molecule has 4 heterocycles. The summed E-state index contributed by atoms with van der Waals surface area (Å²) in [6.07, 6.45) is 8.74. The van der Waals surface area contributed by atoms with Crippen LogP contribution < -0.4 is 15.5 Å². The van der Waals surface area contributed by atoms with Gasteiger partial charge in [0.25, 0.3) is 5.91 Å². The molecule has 1 amide bonds. The summed E-state index contributed by atoms with van der Waals surface area (Å²) in [5.41, 5.74) is 5.69. The molecule has 3 aromatic heterocycles. The molecule has 2 aromatic carbocycles. The van der Waals surface area contributed by atoms with Crippen molar-refractivity contribution in [3.05, 3.63) is 88.9 Å². The highest BCUT2D eigenvalue weighted by Gasteiger charge is 2.66. The molecule has 4 saturated carbocycles. The highest BCUT2D eigenvalue weighted by Crippen LogP contribution is 2.72. The van der Waals surface area contributed by atoms with Gasteiger partial charge >= 0.3 is 5.97 Å².